The first-order valence-corrected chi connectivity index (χ1v) is 6.52. The molecule has 0 atom stereocenters. The Bertz CT molecular complexity index is 602. The summed E-state index contributed by atoms with van der Waals surface area (Å²) in [6, 6.07) is 0. The number of anilines is 2. The summed E-state index contributed by atoms with van der Waals surface area (Å²) in [6.07, 6.45) is 2.90. The summed E-state index contributed by atoms with van der Waals surface area (Å²) in [5.74, 6) is 1.07. The molecular weight excluding hydrogens is 272 g/mol. The Morgan fingerprint density at radius 1 is 1.10 bits per heavy atom. The molecule has 0 aliphatic heterocycles. The van der Waals surface area contributed by atoms with E-state index >= 15 is 0 Å². The van der Waals surface area contributed by atoms with Gasteiger partial charge in [0.05, 0.1) is 11.1 Å². The number of aromatic nitrogens is 6. The summed E-state index contributed by atoms with van der Waals surface area (Å²) in [4.78, 5) is 16.6. The molecule has 0 bridgehead atoms. The van der Waals surface area contributed by atoms with Gasteiger partial charge in [0, 0.05) is 7.05 Å². The standard InChI is InChI=1S/C12H20N8O/c1-11(2,12(3,4)21)19-9-16-8(13-5)17-10(18-9)20-7-14-6-15-20/h6-7,21H,1-5H3,(H2,13,16,17,18,19). The summed E-state index contributed by atoms with van der Waals surface area (Å²) >= 11 is 0. The minimum atomic E-state index is -0.965. The minimum absolute atomic E-state index is 0.334. The highest BCUT2D eigenvalue weighted by Crippen LogP contribution is 2.24. The highest BCUT2D eigenvalue weighted by molar-refractivity contribution is 5.39. The van der Waals surface area contributed by atoms with E-state index in [1.54, 1.807) is 20.9 Å². The predicted molar refractivity (Wildman–Crippen MR) is 78.3 cm³/mol. The summed E-state index contributed by atoms with van der Waals surface area (Å²) in [6.45, 7) is 7.17. The van der Waals surface area contributed by atoms with Gasteiger partial charge in [0.15, 0.2) is 0 Å². The summed E-state index contributed by atoms with van der Waals surface area (Å²) in [7, 11) is 1.71. The SMILES string of the molecule is CNc1nc(NC(C)(C)C(C)(C)O)nc(-n2cncn2)n1. The maximum Gasteiger partial charge on any atom is 0.258 e. The lowest BCUT2D eigenvalue weighted by Crippen LogP contribution is -2.51. The second-order valence-corrected chi connectivity index (χ2v) is 5.68. The van der Waals surface area contributed by atoms with Crippen molar-refractivity contribution in [3.63, 3.8) is 0 Å². The molecule has 2 aromatic heterocycles. The number of nitrogens with one attached hydrogen (secondary N) is 2. The quantitative estimate of drug-likeness (QED) is 0.728. The van der Waals surface area contributed by atoms with Crippen LogP contribution in [-0.4, -0.2) is 53.0 Å². The van der Waals surface area contributed by atoms with Crippen LogP contribution in [0, 0.1) is 0 Å². The second kappa shape index (κ2) is 5.24. The third-order valence-electron chi connectivity index (χ3n) is 3.42. The molecule has 0 aromatic carbocycles. The fourth-order valence-electron chi connectivity index (χ4n) is 1.38. The summed E-state index contributed by atoms with van der Waals surface area (Å²) in [5, 5.41) is 20.2. The van der Waals surface area contributed by atoms with Crippen LogP contribution in [0.5, 0.6) is 0 Å². The molecule has 2 aromatic rings. The topological polar surface area (TPSA) is 114 Å². The van der Waals surface area contributed by atoms with Crippen LogP contribution < -0.4 is 10.6 Å². The largest absolute Gasteiger partial charge is 0.388 e. The van der Waals surface area contributed by atoms with E-state index in [0.29, 0.717) is 17.8 Å². The zero-order valence-electron chi connectivity index (χ0n) is 12.8. The van der Waals surface area contributed by atoms with E-state index in [4.69, 9.17) is 0 Å². The van der Waals surface area contributed by atoms with E-state index in [9.17, 15) is 5.11 Å². The Morgan fingerprint density at radius 3 is 2.29 bits per heavy atom. The first-order valence-electron chi connectivity index (χ1n) is 6.52. The van der Waals surface area contributed by atoms with Gasteiger partial charge in [-0.15, -0.1) is 0 Å². The van der Waals surface area contributed by atoms with E-state index in [1.807, 2.05) is 13.8 Å². The van der Waals surface area contributed by atoms with Crippen molar-refractivity contribution >= 4 is 11.9 Å². The molecule has 0 aliphatic carbocycles. The van der Waals surface area contributed by atoms with Gasteiger partial charge in [-0.05, 0) is 27.7 Å². The molecule has 0 fully saturated rings. The summed E-state index contributed by atoms with van der Waals surface area (Å²) < 4.78 is 1.44. The lowest BCUT2D eigenvalue weighted by Gasteiger charge is -2.37. The molecule has 21 heavy (non-hydrogen) atoms. The van der Waals surface area contributed by atoms with Gasteiger partial charge < -0.3 is 15.7 Å². The Balaban J connectivity index is 2.38. The predicted octanol–water partition coefficient (Wildman–Crippen LogP) is 0.455. The van der Waals surface area contributed by atoms with Crippen LogP contribution in [0.1, 0.15) is 27.7 Å². The van der Waals surface area contributed by atoms with Gasteiger partial charge in [0.25, 0.3) is 5.95 Å². The number of hydrogen-bond acceptors (Lipinski definition) is 8. The van der Waals surface area contributed by atoms with E-state index in [2.05, 4.69) is 35.7 Å². The summed E-state index contributed by atoms with van der Waals surface area (Å²) in [5.41, 5.74) is -1.61. The van der Waals surface area contributed by atoms with Crippen LogP contribution >= 0.6 is 0 Å². The maximum absolute atomic E-state index is 10.2. The Hall–Kier alpha value is -2.29. The second-order valence-electron chi connectivity index (χ2n) is 5.68. The molecule has 0 saturated heterocycles. The van der Waals surface area contributed by atoms with Gasteiger partial charge in [-0.1, -0.05) is 0 Å². The van der Waals surface area contributed by atoms with Crippen LogP contribution in [0.15, 0.2) is 12.7 Å². The van der Waals surface area contributed by atoms with Crippen molar-refractivity contribution < 1.29 is 5.11 Å². The van der Waals surface area contributed by atoms with E-state index in [-0.39, 0.29) is 0 Å². The van der Waals surface area contributed by atoms with Crippen molar-refractivity contribution in [2.75, 3.05) is 17.7 Å². The van der Waals surface area contributed by atoms with Crippen LogP contribution in [0.3, 0.4) is 0 Å². The van der Waals surface area contributed by atoms with Crippen molar-refractivity contribution in [2.24, 2.45) is 0 Å². The molecule has 0 saturated carbocycles. The van der Waals surface area contributed by atoms with E-state index < -0.39 is 11.1 Å². The Kier molecular flexibility index (Phi) is 3.77. The fourth-order valence-corrected chi connectivity index (χ4v) is 1.38. The fraction of sp³-hybridized carbons (Fsp3) is 0.583. The highest BCUT2D eigenvalue weighted by atomic mass is 16.3. The zero-order chi connectivity index (χ0) is 15.7. The van der Waals surface area contributed by atoms with E-state index in [0.717, 1.165) is 0 Å². The molecule has 9 nitrogen and oxygen atoms in total. The monoisotopic (exact) mass is 292 g/mol. The van der Waals surface area contributed by atoms with Gasteiger partial charge in [0.2, 0.25) is 11.9 Å². The molecule has 3 N–H and O–H groups in total. The van der Waals surface area contributed by atoms with Crippen LogP contribution in [0.2, 0.25) is 0 Å². The first kappa shape index (κ1) is 15.1. The Morgan fingerprint density at radius 2 is 1.76 bits per heavy atom. The van der Waals surface area contributed by atoms with Crippen molar-refractivity contribution in [1.82, 2.24) is 29.7 Å². The molecule has 0 aliphatic rings. The lowest BCUT2D eigenvalue weighted by atomic mass is 9.86. The third-order valence-corrected chi connectivity index (χ3v) is 3.42. The highest BCUT2D eigenvalue weighted by Gasteiger charge is 2.35. The molecule has 2 heterocycles. The van der Waals surface area contributed by atoms with Gasteiger partial charge in [-0.2, -0.15) is 24.7 Å². The van der Waals surface area contributed by atoms with Crippen molar-refractivity contribution in [3.8, 4) is 5.95 Å². The van der Waals surface area contributed by atoms with Gasteiger partial charge in [-0.3, -0.25) is 0 Å². The molecule has 2 rings (SSSR count). The van der Waals surface area contributed by atoms with Gasteiger partial charge >= 0.3 is 0 Å². The number of hydrogen-bond donors (Lipinski definition) is 3. The minimum Gasteiger partial charge on any atom is -0.388 e. The van der Waals surface area contributed by atoms with Crippen molar-refractivity contribution in [1.29, 1.82) is 0 Å². The maximum atomic E-state index is 10.2. The van der Waals surface area contributed by atoms with Crippen LogP contribution in [-0.2, 0) is 0 Å². The molecule has 0 spiro atoms. The van der Waals surface area contributed by atoms with Crippen molar-refractivity contribution in [2.45, 2.75) is 38.8 Å². The third kappa shape index (κ3) is 3.24. The molecule has 0 radical (unpaired) electrons. The van der Waals surface area contributed by atoms with E-state index in [1.165, 1.54) is 17.3 Å². The number of nitrogens with zero attached hydrogens (tertiary/aromatic N) is 6. The molecule has 9 heteroatoms. The lowest BCUT2D eigenvalue weighted by molar-refractivity contribution is 0.0237. The average Bonchev–Trinajstić information content (AvgIpc) is 2.90. The normalized spacial score (nSPS) is 12.3. The first-order chi connectivity index (χ1) is 9.73. The van der Waals surface area contributed by atoms with Gasteiger partial charge in [0.1, 0.15) is 12.7 Å². The van der Waals surface area contributed by atoms with Gasteiger partial charge in [-0.25, -0.2) is 4.98 Å². The Labute approximate surface area is 122 Å². The van der Waals surface area contributed by atoms with Crippen LogP contribution in [0.25, 0.3) is 5.95 Å². The smallest absolute Gasteiger partial charge is 0.258 e. The van der Waals surface area contributed by atoms with Crippen LogP contribution in [0.4, 0.5) is 11.9 Å². The van der Waals surface area contributed by atoms with Crippen molar-refractivity contribution in [3.05, 3.63) is 12.7 Å². The number of rotatable bonds is 5. The molecule has 0 amide bonds. The zero-order valence-corrected chi connectivity index (χ0v) is 12.8. The molecule has 114 valence electrons. The molecule has 0 unspecified atom stereocenters. The number of aliphatic hydroxyl groups is 1. The molecular formula is C12H20N8O. The average molecular weight is 292 g/mol.